The minimum atomic E-state index is -4.58. The first-order chi connectivity index (χ1) is 4.88. The fourth-order valence-corrected chi connectivity index (χ4v) is 0.904. The van der Waals surface area contributed by atoms with Crippen molar-refractivity contribution >= 4 is 33.0 Å². The lowest BCUT2D eigenvalue weighted by Gasteiger charge is -2.16. The van der Waals surface area contributed by atoms with Crippen LogP contribution < -0.4 is 0 Å². The molecule has 0 heterocycles. The van der Waals surface area contributed by atoms with Crippen LogP contribution in [0.15, 0.2) is 0 Å². The smallest absolute Gasteiger partial charge is 0.426 e. The van der Waals surface area contributed by atoms with E-state index in [9.17, 15) is 18.0 Å². The van der Waals surface area contributed by atoms with Crippen molar-refractivity contribution < 1.29 is 22.7 Å². The van der Waals surface area contributed by atoms with Crippen molar-refractivity contribution in [3.63, 3.8) is 0 Å². The highest BCUT2D eigenvalue weighted by atomic mass is 79.9. The summed E-state index contributed by atoms with van der Waals surface area (Å²) < 4.78 is 38.9. The average molecular weight is 255 g/mol. The minimum absolute atomic E-state index is 0.519. The number of halogens is 5. The Kier molecular flexibility index (Phi) is 4.17. The fraction of sp³-hybridized carbons (Fsp3) is 0.750. The van der Waals surface area contributed by atoms with Gasteiger partial charge in [0.1, 0.15) is 0 Å². The number of ether oxygens (including phenoxy) is 1. The van der Waals surface area contributed by atoms with Gasteiger partial charge in [-0.3, -0.25) is 0 Å². The van der Waals surface area contributed by atoms with Gasteiger partial charge in [-0.05, 0) is 0 Å². The Balaban J connectivity index is 4.07. The Bertz CT molecular complexity index is 149. The molecule has 66 valence electrons. The van der Waals surface area contributed by atoms with E-state index >= 15 is 0 Å². The zero-order chi connectivity index (χ0) is 9.07. The van der Waals surface area contributed by atoms with E-state index in [-0.39, 0.29) is 0 Å². The first-order valence-corrected chi connectivity index (χ1v) is 3.86. The fourth-order valence-electron chi connectivity index (χ4n) is 0.298. The lowest BCUT2D eigenvalue weighted by Crippen LogP contribution is -2.33. The molecule has 11 heavy (non-hydrogen) atoms. The molecule has 0 rings (SSSR count). The summed E-state index contributed by atoms with van der Waals surface area (Å²) in [7, 11) is 0. The molecule has 0 saturated heterocycles. The maximum Gasteiger partial charge on any atom is 0.426 e. The molecule has 0 radical (unpaired) electrons. The highest BCUT2D eigenvalue weighted by molar-refractivity contribution is 9.09. The molecule has 0 saturated carbocycles. The summed E-state index contributed by atoms with van der Waals surface area (Å²) in [4.78, 5) is 9.88. The van der Waals surface area contributed by atoms with Gasteiger partial charge in [-0.1, -0.05) is 15.9 Å². The van der Waals surface area contributed by atoms with E-state index in [0.29, 0.717) is 0 Å². The molecule has 0 aliphatic heterocycles. The van der Waals surface area contributed by atoms with Crippen LogP contribution in [-0.2, 0) is 4.74 Å². The number of carbonyl (C=O) groups excluding carboxylic acids is 1. The maximum atomic E-state index is 11.7. The van der Waals surface area contributed by atoms with Crippen molar-refractivity contribution in [3.8, 4) is 0 Å². The zero-order valence-electron chi connectivity index (χ0n) is 4.99. The van der Waals surface area contributed by atoms with Crippen molar-refractivity contribution in [2.75, 3.05) is 5.33 Å². The molecule has 2 nitrogen and oxygen atoms in total. The van der Waals surface area contributed by atoms with E-state index in [1.54, 1.807) is 0 Å². The normalized spacial score (nSPS) is 14.3. The van der Waals surface area contributed by atoms with E-state index in [4.69, 9.17) is 0 Å². The third-order valence-electron chi connectivity index (χ3n) is 0.740. The molecule has 0 aromatic carbocycles. The maximum absolute atomic E-state index is 11.7. The van der Waals surface area contributed by atoms with Crippen LogP contribution in [0.2, 0.25) is 0 Å². The van der Waals surface area contributed by atoms with Crippen molar-refractivity contribution in [1.82, 2.24) is 0 Å². The Labute approximate surface area is 73.8 Å². The molecule has 0 aromatic heterocycles. The molecule has 7 heteroatoms. The molecule has 0 N–H and O–H groups in total. The number of hydrogen-bond donors (Lipinski definition) is 0. The molecular weight excluding hydrogens is 252 g/mol. The summed E-state index contributed by atoms with van der Waals surface area (Å²) in [5.74, 6) is 0. The van der Waals surface area contributed by atoms with Crippen molar-refractivity contribution in [2.24, 2.45) is 0 Å². The predicted molar refractivity (Wildman–Crippen MR) is 36.0 cm³/mol. The summed E-state index contributed by atoms with van der Waals surface area (Å²) in [5, 5.41) is -0.519. The van der Waals surface area contributed by atoms with E-state index in [2.05, 4.69) is 32.3 Å². The van der Waals surface area contributed by atoms with Gasteiger partial charge in [0.2, 0.25) is 6.10 Å². The van der Waals surface area contributed by atoms with Crippen LogP contribution in [0.25, 0.3) is 0 Å². The second-order valence-electron chi connectivity index (χ2n) is 1.54. The van der Waals surface area contributed by atoms with Crippen molar-refractivity contribution in [1.29, 1.82) is 0 Å². The Morgan fingerprint density at radius 3 is 2.18 bits per heavy atom. The third kappa shape index (κ3) is 4.47. The van der Waals surface area contributed by atoms with Gasteiger partial charge in [0.15, 0.2) is 0 Å². The van der Waals surface area contributed by atoms with Gasteiger partial charge in [-0.2, -0.15) is 13.2 Å². The average Bonchev–Trinajstić information content (AvgIpc) is 1.79. The Hall–Kier alpha value is 0.0300. The van der Waals surface area contributed by atoms with Crippen LogP contribution in [0.1, 0.15) is 0 Å². The van der Waals surface area contributed by atoms with Gasteiger partial charge in [0.05, 0.1) is 0 Å². The van der Waals surface area contributed by atoms with Gasteiger partial charge in [-0.15, -0.1) is 0 Å². The third-order valence-corrected chi connectivity index (χ3v) is 1.42. The monoisotopic (exact) mass is 254 g/mol. The quantitative estimate of drug-likeness (QED) is 0.560. The van der Waals surface area contributed by atoms with E-state index in [0.717, 1.165) is 0 Å². The molecule has 0 spiro atoms. The Morgan fingerprint density at radius 1 is 1.64 bits per heavy atom. The highest BCUT2D eigenvalue weighted by Gasteiger charge is 2.41. The van der Waals surface area contributed by atoms with Crippen LogP contribution in [0.4, 0.5) is 18.0 Å². The lowest BCUT2D eigenvalue weighted by molar-refractivity contribution is -0.193. The first kappa shape index (κ1) is 11.0. The SMILES string of the molecule is O=C(Cl)O[C@H](CBr)C(F)(F)F. The van der Waals surface area contributed by atoms with Crippen molar-refractivity contribution in [3.05, 3.63) is 0 Å². The van der Waals surface area contributed by atoms with Gasteiger partial charge in [0, 0.05) is 16.9 Å². The summed E-state index contributed by atoms with van der Waals surface area (Å²) in [6, 6.07) is 0. The number of hydrogen-bond acceptors (Lipinski definition) is 2. The Morgan fingerprint density at radius 2 is 2.09 bits per heavy atom. The van der Waals surface area contributed by atoms with E-state index < -0.39 is 23.0 Å². The lowest BCUT2D eigenvalue weighted by atomic mass is 10.4. The molecule has 0 fully saturated rings. The topological polar surface area (TPSA) is 26.3 Å². The van der Waals surface area contributed by atoms with Crippen LogP contribution in [0.5, 0.6) is 0 Å². The van der Waals surface area contributed by atoms with E-state index in [1.165, 1.54) is 0 Å². The highest BCUT2D eigenvalue weighted by Crippen LogP contribution is 2.24. The summed E-state index contributed by atoms with van der Waals surface area (Å²) in [6.07, 6.45) is -6.75. The number of alkyl halides is 4. The van der Waals surface area contributed by atoms with Crippen LogP contribution in [0.3, 0.4) is 0 Å². The largest absolute Gasteiger partial charge is 0.440 e. The number of carbonyl (C=O) groups is 1. The van der Waals surface area contributed by atoms with E-state index in [1.807, 2.05) is 0 Å². The van der Waals surface area contributed by atoms with Gasteiger partial charge in [-0.25, -0.2) is 4.79 Å². The molecule has 0 unspecified atom stereocenters. The molecule has 1 atom stereocenters. The molecular formula is C4H3BrClF3O2. The predicted octanol–water partition coefficient (Wildman–Crippen LogP) is 2.69. The number of rotatable bonds is 2. The van der Waals surface area contributed by atoms with Crippen LogP contribution in [0, 0.1) is 0 Å². The van der Waals surface area contributed by atoms with Crippen LogP contribution in [-0.4, -0.2) is 23.0 Å². The van der Waals surface area contributed by atoms with Gasteiger partial charge >= 0.3 is 11.6 Å². The standard InChI is InChI=1S/C4H3BrClF3O2/c5-1-2(4(7,8)9)11-3(6)10/h2H,1H2/t2-/m1/s1. The second-order valence-corrected chi connectivity index (χ2v) is 2.50. The molecule has 0 amide bonds. The van der Waals surface area contributed by atoms with Crippen molar-refractivity contribution in [2.45, 2.75) is 12.3 Å². The molecule has 0 aliphatic rings. The molecule has 0 aliphatic carbocycles. The second kappa shape index (κ2) is 4.15. The molecule has 0 bridgehead atoms. The van der Waals surface area contributed by atoms with Gasteiger partial charge in [0.25, 0.3) is 0 Å². The van der Waals surface area contributed by atoms with Crippen LogP contribution >= 0.6 is 27.5 Å². The zero-order valence-corrected chi connectivity index (χ0v) is 7.33. The summed E-state index contributed by atoms with van der Waals surface area (Å²) in [6.45, 7) is 0. The molecule has 0 aromatic rings. The van der Waals surface area contributed by atoms with Gasteiger partial charge < -0.3 is 4.74 Å². The summed E-state index contributed by atoms with van der Waals surface area (Å²) >= 11 is 7.10. The summed E-state index contributed by atoms with van der Waals surface area (Å²) in [5.41, 5.74) is -1.47. The first-order valence-electron chi connectivity index (χ1n) is 2.36. The minimum Gasteiger partial charge on any atom is -0.440 e.